The van der Waals surface area contributed by atoms with Crippen LogP contribution < -0.4 is 0 Å². The van der Waals surface area contributed by atoms with Gasteiger partial charge < -0.3 is 0 Å². The summed E-state index contributed by atoms with van der Waals surface area (Å²) in [5.74, 6) is 1.01. The van der Waals surface area contributed by atoms with E-state index in [2.05, 4.69) is 24.3 Å². The second-order valence-corrected chi connectivity index (χ2v) is 10.8. The van der Waals surface area contributed by atoms with Crippen molar-refractivity contribution in [3.05, 3.63) is 30.3 Å². The van der Waals surface area contributed by atoms with E-state index >= 15 is 0 Å². The van der Waals surface area contributed by atoms with Crippen LogP contribution >= 0.6 is 29.0 Å². The van der Waals surface area contributed by atoms with Crippen LogP contribution in [0.1, 0.15) is 0 Å². The summed E-state index contributed by atoms with van der Waals surface area (Å²) < 4.78 is 0. The van der Waals surface area contributed by atoms with Gasteiger partial charge in [-0.25, -0.2) is 0 Å². The number of rotatable bonds is 6. The first kappa shape index (κ1) is 12.7. The van der Waals surface area contributed by atoms with E-state index in [-0.39, 0.29) is 5.90 Å². The smallest absolute Gasteiger partial charge is 0.112 e. The van der Waals surface area contributed by atoms with Gasteiger partial charge in [0.2, 0.25) is 0 Å². The minimum Gasteiger partial charge on any atom is -0.112 e. The van der Waals surface area contributed by atoms with Crippen molar-refractivity contribution >= 4 is 51.1 Å². The van der Waals surface area contributed by atoms with Gasteiger partial charge in [-0.15, -0.1) is 11.8 Å². The number of thioether (sulfide) groups is 1. The third kappa shape index (κ3) is 5.52. The lowest BCUT2D eigenvalue weighted by Crippen LogP contribution is -1.76. The lowest BCUT2D eigenvalue weighted by atomic mass is 10.4. The predicted octanol–water partition coefficient (Wildman–Crippen LogP) is 3.11. The van der Waals surface area contributed by atoms with Gasteiger partial charge in [0, 0.05) is 10.2 Å². The van der Waals surface area contributed by atoms with Crippen molar-refractivity contribution in [3.8, 4) is 0 Å². The van der Waals surface area contributed by atoms with Gasteiger partial charge in [-0.3, -0.25) is 0 Å². The zero-order valence-corrected chi connectivity index (χ0v) is 13.5. The van der Waals surface area contributed by atoms with Crippen molar-refractivity contribution in [1.82, 2.24) is 0 Å². The van der Waals surface area contributed by atoms with E-state index < -0.39 is 0 Å². The summed E-state index contributed by atoms with van der Waals surface area (Å²) in [6.07, 6.45) is 0. The fourth-order valence-electron chi connectivity index (χ4n) is 0.909. The van der Waals surface area contributed by atoms with Crippen molar-refractivity contribution in [2.24, 2.45) is 0 Å². The maximum absolute atomic E-state index is 5.45. The van der Waals surface area contributed by atoms with Crippen LogP contribution in [0.2, 0.25) is 6.04 Å². The second-order valence-electron chi connectivity index (χ2n) is 2.77. The van der Waals surface area contributed by atoms with Crippen molar-refractivity contribution in [3.63, 3.8) is 0 Å². The van der Waals surface area contributed by atoms with Gasteiger partial charge in [-0.05, 0) is 17.9 Å². The largest absolute Gasteiger partial charge is 0.261 e. The summed E-state index contributed by atoms with van der Waals surface area (Å²) in [7, 11) is 1.32. The molecule has 0 radical (unpaired) electrons. The molecule has 5 heteroatoms. The number of hydrogen-bond acceptors (Lipinski definition) is 3. The van der Waals surface area contributed by atoms with Crippen molar-refractivity contribution in [2.45, 2.75) is 10.9 Å². The molecule has 0 aliphatic rings. The van der Waals surface area contributed by atoms with E-state index in [9.17, 15) is 0 Å². The Labute approximate surface area is 103 Å². The molecule has 1 rings (SSSR count). The summed E-state index contributed by atoms with van der Waals surface area (Å²) in [6, 6.07) is 11.9. The molecule has 0 bridgehead atoms. The fourth-order valence-corrected chi connectivity index (χ4v) is 7.56. The van der Waals surface area contributed by atoms with Gasteiger partial charge in [0.15, 0.2) is 17.3 Å². The van der Waals surface area contributed by atoms with Crippen molar-refractivity contribution < 1.29 is 0 Å². The summed E-state index contributed by atoms with van der Waals surface area (Å²) in [5.41, 5.74) is 1.16. The third-order valence-electron chi connectivity index (χ3n) is 1.50. The summed E-state index contributed by atoms with van der Waals surface area (Å²) in [5, 5.41) is 0. The van der Waals surface area contributed by atoms with Gasteiger partial charge in [-0.2, -0.15) is 0 Å². The van der Waals surface area contributed by atoms with Crippen molar-refractivity contribution in [2.75, 3.05) is 11.2 Å². The molecule has 0 amide bonds. The molecule has 1 atom stereocenters. The Balaban J connectivity index is 2.27. The Morgan fingerprint density at radius 3 is 2.64 bits per heavy atom. The minimum absolute atomic E-state index is 0.290. The van der Waals surface area contributed by atoms with Crippen LogP contribution in [-0.2, 0) is 11.8 Å². The van der Waals surface area contributed by atoms with E-state index in [1.165, 1.54) is 26.9 Å². The van der Waals surface area contributed by atoms with Gasteiger partial charge in [0.05, 0.1) is 4.90 Å². The lowest BCUT2D eigenvalue weighted by molar-refractivity contribution is 1.48. The van der Waals surface area contributed by atoms with Crippen LogP contribution in [-0.4, -0.2) is 21.5 Å². The molecule has 1 aromatic carbocycles. The SMILES string of the molecule is [SiH3]CCSC[P+](=S)Sc1ccccc1. The molecule has 1 aromatic rings. The lowest BCUT2D eigenvalue weighted by Gasteiger charge is -1.92. The molecule has 14 heavy (non-hydrogen) atoms. The molecule has 0 fully saturated rings. The molecule has 0 aliphatic carbocycles. The van der Waals surface area contributed by atoms with E-state index in [1.807, 2.05) is 29.2 Å². The first-order valence-electron chi connectivity index (χ1n) is 4.58. The van der Waals surface area contributed by atoms with Gasteiger partial charge >= 0.3 is 0 Å². The fraction of sp³-hybridized carbons (Fsp3) is 0.333. The molecule has 0 N–H and O–H groups in total. The molecule has 0 saturated carbocycles. The van der Waals surface area contributed by atoms with Gasteiger partial charge in [0.25, 0.3) is 5.90 Å². The van der Waals surface area contributed by atoms with Crippen LogP contribution in [0, 0.1) is 0 Å². The molecule has 0 aliphatic heterocycles. The van der Waals surface area contributed by atoms with Crippen LogP contribution in [0.15, 0.2) is 35.2 Å². The van der Waals surface area contributed by atoms with E-state index in [4.69, 9.17) is 11.8 Å². The summed E-state index contributed by atoms with van der Waals surface area (Å²) in [4.78, 5) is 1.32. The monoisotopic (exact) mass is 277 g/mol. The highest BCUT2D eigenvalue weighted by molar-refractivity contribution is 8.65. The van der Waals surface area contributed by atoms with E-state index in [0.29, 0.717) is 0 Å². The Morgan fingerprint density at radius 1 is 1.29 bits per heavy atom. The molecule has 0 aromatic heterocycles. The normalized spacial score (nSPS) is 11.6. The zero-order chi connectivity index (χ0) is 10.2. The van der Waals surface area contributed by atoms with Crippen LogP contribution in [0.4, 0.5) is 0 Å². The highest BCUT2D eigenvalue weighted by Gasteiger charge is 2.12. The van der Waals surface area contributed by atoms with E-state index in [1.54, 1.807) is 0 Å². The maximum atomic E-state index is 5.45. The molecule has 76 valence electrons. The number of hydrogen-bond donors (Lipinski definition) is 0. The molecular weight excluding hydrogens is 263 g/mol. The van der Waals surface area contributed by atoms with Crippen LogP contribution in [0.3, 0.4) is 0 Å². The Morgan fingerprint density at radius 2 is 2.00 bits per heavy atom. The molecule has 0 saturated heterocycles. The predicted molar refractivity (Wildman–Crippen MR) is 78.7 cm³/mol. The topological polar surface area (TPSA) is 0 Å². The van der Waals surface area contributed by atoms with E-state index in [0.717, 1.165) is 5.49 Å². The first-order chi connectivity index (χ1) is 6.83. The quantitative estimate of drug-likeness (QED) is 0.445. The highest BCUT2D eigenvalue weighted by Crippen LogP contribution is 2.46. The average molecular weight is 277 g/mol. The van der Waals surface area contributed by atoms with Gasteiger partial charge in [-0.1, -0.05) is 24.2 Å². The summed E-state index contributed by atoms with van der Waals surface area (Å²) in [6.45, 7) is 0. The molecule has 0 spiro atoms. The third-order valence-corrected chi connectivity index (χ3v) is 9.49. The average Bonchev–Trinajstić information content (AvgIpc) is 2.20. The zero-order valence-electron chi connectivity index (χ0n) is 8.18. The standard InChI is InChI=1S/C9H14PS3Si/c11-10(8-12-6-7-14)13-9-4-2-1-3-5-9/h1-5H,6-8H2,14H3/q+1. The molecule has 0 nitrogen and oxygen atoms in total. The second kappa shape index (κ2) is 7.89. The van der Waals surface area contributed by atoms with Crippen LogP contribution in [0.5, 0.6) is 0 Å². The Bertz CT molecular complexity index is 279. The van der Waals surface area contributed by atoms with Crippen molar-refractivity contribution in [1.29, 1.82) is 0 Å². The van der Waals surface area contributed by atoms with Gasteiger partial charge in [0.1, 0.15) is 11.4 Å². The summed E-state index contributed by atoms with van der Waals surface area (Å²) >= 11 is 9.33. The minimum atomic E-state index is -0.290. The molecular formula is C9H14PS3Si+. The highest BCUT2D eigenvalue weighted by atomic mass is 32.9. The first-order valence-corrected chi connectivity index (χ1v) is 11.1. The number of benzene rings is 1. The van der Waals surface area contributed by atoms with Crippen LogP contribution in [0.25, 0.3) is 0 Å². The Kier molecular flexibility index (Phi) is 7.17. The Hall–Kier alpha value is 0.657. The molecule has 0 heterocycles. The molecule has 1 unspecified atom stereocenters. The maximum Gasteiger partial charge on any atom is 0.261 e.